The molecule has 1 N–H and O–H groups in total. The van der Waals surface area contributed by atoms with Gasteiger partial charge in [0.25, 0.3) is 5.91 Å². The molecule has 2 aromatic carbocycles. The van der Waals surface area contributed by atoms with Crippen LogP contribution in [0.15, 0.2) is 40.8 Å². The van der Waals surface area contributed by atoms with E-state index in [0.717, 1.165) is 12.1 Å². The van der Waals surface area contributed by atoms with Crippen molar-refractivity contribution in [1.82, 2.24) is 4.98 Å². The summed E-state index contributed by atoms with van der Waals surface area (Å²) >= 11 is 0. The van der Waals surface area contributed by atoms with E-state index in [1.807, 2.05) is 13.8 Å². The Hall–Kier alpha value is -2.76. The number of nitrogens with one attached hydrogen (secondary N) is 1. The van der Waals surface area contributed by atoms with Crippen LogP contribution in [0.3, 0.4) is 0 Å². The molecule has 0 aliphatic carbocycles. The molecular weight excluding hydrogens is 302 g/mol. The van der Waals surface area contributed by atoms with Gasteiger partial charge in [0, 0.05) is 23.7 Å². The van der Waals surface area contributed by atoms with E-state index in [9.17, 15) is 13.6 Å². The smallest absolute Gasteiger partial charge is 0.258 e. The van der Waals surface area contributed by atoms with Gasteiger partial charge in [-0.1, -0.05) is 13.8 Å². The molecule has 3 aromatic rings. The van der Waals surface area contributed by atoms with Gasteiger partial charge < -0.3 is 9.73 Å². The third-order valence-corrected chi connectivity index (χ3v) is 3.33. The molecule has 0 atom stereocenters. The minimum Gasteiger partial charge on any atom is -0.440 e. The van der Waals surface area contributed by atoms with Crippen molar-refractivity contribution in [3.8, 4) is 0 Å². The average molecular weight is 316 g/mol. The van der Waals surface area contributed by atoms with Crippen molar-refractivity contribution in [3.63, 3.8) is 0 Å². The number of aromatic nitrogens is 1. The van der Waals surface area contributed by atoms with E-state index in [-0.39, 0.29) is 11.5 Å². The Labute approximate surface area is 131 Å². The minimum absolute atomic E-state index is 0.147. The van der Waals surface area contributed by atoms with Crippen LogP contribution in [0.5, 0.6) is 0 Å². The van der Waals surface area contributed by atoms with E-state index in [1.165, 1.54) is 0 Å². The van der Waals surface area contributed by atoms with Crippen molar-refractivity contribution in [1.29, 1.82) is 0 Å². The third kappa shape index (κ3) is 3.06. The highest BCUT2D eigenvalue weighted by atomic mass is 19.1. The topological polar surface area (TPSA) is 55.1 Å². The molecule has 0 aliphatic heterocycles. The number of anilines is 1. The highest BCUT2D eigenvalue weighted by molar-refractivity contribution is 6.05. The Balaban J connectivity index is 1.87. The fourth-order valence-corrected chi connectivity index (χ4v) is 2.14. The lowest BCUT2D eigenvalue weighted by Crippen LogP contribution is -2.13. The Morgan fingerprint density at radius 2 is 1.96 bits per heavy atom. The molecule has 0 fully saturated rings. The summed E-state index contributed by atoms with van der Waals surface area (Å²) in [5.41, 5.74) is 1.43. The second-order valence-corrected chi connectivity index (χ2v) is 5.47. The second-order valence-electron chi connectivity index (χ2n) is 5.47. The molecule has 1 heterocycles. The highest BCUT2D eigenvalue weighted by Crippen LogP contribution is 2.24. The van der Waals surface area contributed by atoms with Crippen molar-refractivity contribution in [2.75, 3.05) is 5.32 Å². The van der Waals surface area contributed by atoms with Gasteiger partial charge in [-0.05, 0) is 24.3 Å². The normalized spacial score (nSPS) is 11.2. The number of nitrogens with zero attached hydrogens (tertiary/aromatic N) is 1. The van der Waals surface area contributed by atoms with Crippen LogP contribution in [0.1, 0.15) is 36.0 Å². The Kier molecular flexibility index (Phi) is 3.82. The molecule has 4 nitrogen and oxygen atoms in total. The number of amides is 1. The summed E-state index contributed by atoms with van der Waals surface area (Å²) in [5.74, 6) is -1.55. The van der Waals surface area contributed by atoms with E-state index in [2.05, 4.69) is 10.3 Å². The van der Waals surface area contributed by atoms with Crippen LogP contribution in [-0.2, 0) is 0 Å². The van der Waals surface area contributed by atoms with E-state index < -0.39 is 17.5 Å². The summed E-state index contributed by atoms with van der Waals surface area (Å²) in [4.78, 5) is 16.4. The van der Waals surface area contributed by atoms with Crippen molar-refractivity contribution in [2.45, 2.75) is 19.8 Å². The zero-order valence-corrected chi connectivity index (χ0v) is 12.6. The van der Waals surface area contributed by atoms with Crippen molar-refractivity contribution >= 4 is 22.7 Å². The van der Waals surface area contributed by atoms with Crippen LogP contribution < -0.4 is 5.32 Å². The molecule has 23 heavy (non-hydrogen) atoms. The maximum Gasteiger partial charge on any atom is 0.258 e. The molecule has 3 rings (SSSR count). The summed E-state index contributed by atoms with van der Waals surface area (Å²) in [5, 5.41) is 2.56. The summed E-state index contributed by atoms with van der Waals surface area (Å²) in [6, 6.07) is 7.78. The van der Waals surface area contributed by atoms with Gasteiger partial charge in [0.2, 0.25) is 0 Å². The molecule has 6 heteroatoms. The SMILES string of the molecule is CC(C)c1nc2ccc(NC(=O)c3ccc(F)cc3F)cc2o1. The number of carbonyl (C=O) groups excluding carboxylic acids is 1. The molecule has 0 bridgehead atoms. The van der Waals surface area contributed by atoms with E-state index in [4.69, 9.17) is 4.42 Å². The van der Waals surface area contributed by atoms with Gasteiger partial charge in [-0.3, -0.25) is 4.79 Å². The monoisotopic (exact) mass is 316 g/mol. The molecule has 0 spiro atoms. The molecule has 0 radical (unpaired) electrons. The average Bonchev–Trinajstić information content (AvgIpc) is 2.90. The Morgan fingerprint density at radius 1 is 1.17 bits per heavy atom. The molecule has 0 unspecified atom stereocenters. The number of halogens is 2. The van der Waals surface area contributed by atoms with Crippen molar-refractivity contribution < 1.29 is 18.0 Å². The molecular formula is C17H14F2N2O2. The number of hydrogen-bond acceptors (Lipinski definition) is 3. The first-order valence-electron chi connectivity index (χ1n) is 7.11. The number of rotatable bonds is 3. The largest absolute Gasteiger partial charge is 0.440 e. The lowest BCUT2D eigenvalue weighted by Gasteiger charge is -2.06. The Morgan fingerprint density at radius 3 is 2.65 bits per heavy atom. The second kappa shape index (κ2) is 5.79. The fourth-order valence-electron chi connectivity index (χ4n) is 2.14. The standard InChI is InChI=1S/C17H14F2N2O2/c1-9(2)17-21-14-6-4-11(8-15(14)23-17)20-16(22)12-5-3-10(18)7-13(12)19/h3-9H,1-2H3,(H,20,22). The number of fused-ring (bicyclic) bond motifs is 1. The van der Waals surface area contributed by atoms with Gasteiger partial charge in [0.15, 0.2) is 11.5 Å². The van der Waals surface area contributed by atoms with E-state index >= 15 is 0 Å². The van der Waals surface area contributed by atoms with Crippen LogP contribution in [0, 0.1) is 11.6 Å². The first-order valence-corrected chi connectivity index (χ1v) is 7.11. The van der Waals surface area contributed by atoms with Gasteiger partial charge in [0.1, 0.15) is 17.2 Å². The van der Waals surface area contributed by atoms with Crippen LogP contribution in [0.25, 0.3) is 11.1 Å². The number of hydrogen-bond donors (Lipinski definition) is 1. The Bertz CT molecular complexity index is 887. The van der Waals surface area contributed by atoms with E-state index in [0.29, 0.717) is 28.7 Å². The molecule has 0 saturated heterocycles. The van der Waals surface area contributed by atoms with Crippen LogP contribution >= 0.6 is 0 Å². The zero-order valence-electron chi connectivity index (χ0n) is 12.6. The van der Waals surface area contributed by atoms with Gasteiger partial charge in [-0.2, -0.15) is 0 Å². The van der Waals surface area contributed by atoms with Crippen molar-refractivity contribution in [3.05, 3.63) is 59.5 Å². The number of benzene rings is 2. The fraction of sp³-hybridized carbons (Fsp3) is 0.176. The predicted molar refractivity (Wildman–Crippen MR) is 82.4 cm³/mol. The molecule has 0 aliphatic rings. The van der Waals surface area contributed by atoms with Gasteiger partial charge in [-0.15, -0.1) is 0 Å². The molecule has 1 amide bonds. The zero-order chi connectivity index (χ0) is 16.6. The summed E-state index contributed by atoms with van der Waals surface area (Å²) < 4.78 is 32.1. The molecule has 1 aromatic heterocycles. The maximum atomic E-state index is 13.6. The predicted octanol–water partition coefficient (Wildman–Crippen LogP) is 4.48. The summed E-state index contributed by atoms with van der Waals surface area (Å²) in [6.45, 7) is 3.93. The van der Waals surface area contributed by atoms with Crippen LogP contribution in [0.4, 0.5) is 14.5 Å². The van der Waals surface area contributed by atoms with E-state index in [1.54, 1.807) is 18.2 Å². The van der Waals surface area contributed by atoms with Crippen molar-refractivity contribution in [2.24, 2.45) is 0 Å². The van der Waals surface area contributed by atoms with Crippen LogP contribution in [-0.4, -0.2) is 10.9 Å². The molecule has 118 valence electrons. The number of carbonyl (C=O) groups is 1. The lowest BCUT2D eigenvalue weighted by molar-refractivity contribution is 0.102. The first kappa shape index (κ1) is 15.1. The lowest BCUT2D eigenvalue weighted by atomic mass is 10.2. The van der Waals surface area contributed by atoms with Gasteiger partial charge >= 0.3 is 0 Å². The third-order valence-electron chi connectivity index (χ3n) is 3.33. The number of oxazole rings is 1. The quantitative estimate of drug-likeness (QED) is 0.775. The summed E-state index contributed by atoms with van der Waals surface area (Å²) in [6.07, 6.45) is 0. The summed E-state index contributed by atoms with van der Waals surface area (Å²) in [7, 11) is 0. The van der Waals surface area contributed by atoms with Gasteiger partial charge in [-0.25, -0.2) is 13.8 Å². The highest BCUT2D eigenvalue weighted by Gasteiger charge is 2.14. The van der Waals surface area contributed by atoms with Gasteiger partial charge in [0.05, 0.1) is 5.56 Å². The minimum atomic E-state index is -0.912. The van der Waals surface area contributed by atoms with Crippen LogP contribution in [0.2, 0.25) is 0 Å². The maximum absolute atomic E-state index is 13.6. The molecule has 0 saturated carbocycles. The first-order chi connectivity index (χ1) is 10.9.